The molecule has 268 valence electrons. The average Bonchev–Trinajstić information content (AvgIpc) is 3.98. The van der Waals surface area contributed by atoms with Crippen molar-refractivity contribution in [3.63, 3.8) is 0 Å². The molecule has 0 bridgehead atoms. The first-order chi connectivity index (χ1) is 27.0. The van der Waals surface area contributed by atoms with Crippen LogP contribution < -0.4 is 0 Å². The number of hydrogen-bond donors (Lipinski definition) is 0. The lowest BCUT2D eigenvalue weighted by Gasteiger charge is -2.36. The highest BCUT2D eigenvalue weighted by Gasteiger charge is 2.45. The summed E-state index contributed by atoms with van der Waals surface area (Å²) >= 11 is 0. The molecule has 0 atom stereocenters. The van der Waals surface area contributed by atoms with Crippen LogP contribution in [-0.4, -0.2) is 64.1 Å². The number of rotatable bonds is 10. The van der Waals surface area contributed by atoms with Gasteiger partial charge in [-0.2, -0.15) is 0 Å². The number of carbonyl (C=O) groups excluding carboxylic acids is 2. The number of allylic oxidation sites excluding steroid dienone is 2. The zero-order valence-electron chi connectivity index (χ0n) is 29.6. The molecule has 0 unspecified atom stereocenters. The van der Waals surface area contributed by atoms with Crippen molar-refractivity contribution >= 4 is 11.7 Å². The third-order valence-corrected chi connectivity index (χ3v) is 10.2. The molecular formula is C44H34N8O3. The van der Waals surface area contributed by atoms with Gasteiger partial charge in [-0.25, -0.2) is 9.36 Å². The van der Waals surface area contributed by atoms with Crippen molar-refractivity contribution in [3.8, 4) is 22.5 Å². The molecule has 1 aliphatic carbocycles. The zero-order chi connectivity index (χ0) is 37.2. The minimum absolute atomic E-state index is 0.0741. The minimum atomic E-state index is -1.09. The maximum Gasteiger partial charge on any atom is 0.251 e. The number of amides is 1. The number of ketones is 1. The summed E-state index contributed by atoms with van der Waals surface area (Å²) in [5.74, 6) is 0.292. The van der Waals surface area contributed by atoms with E-state index in [9.17, 15) is 9.59 Å². The number of hydrogen-bond acceptors (Lipinski definition) is 8. The van der Waals surface area contributed by atoms with Gasteiger partial charge >= 0.3 is 0 Å². The van der Waals surface area contributed by atoms with Crippen LogP contribution in [0.5, 0.6) is 0 Å². The maximum absolute atomic E-state index is 12.7. The predicted octanol–water partition coefficient (Wildman–Crippen LogP) is 6.24. The molecule has 2 aliphatic rings. The van der Waals surface area contributed by atoms with Gasteiger partial charge < -0.3 is 4.74 Å². The Morgan fingerprint density at radius 3 is 1.84 bits per heavy atom. The van der Waals surface area contributed by atoms with Gasteiger partial charge in [-0.05, 0) is 68.1 Å². The summed E-state index contributed by atoms with van der Waals surface area (Å²) in [4.78, 5) is 26.0. The first-order valence-corrected chi connectivity index (χ1v) is 17.9. The number of carbonyl (C=O) groups is 2. The molecule has 0 saturated carbocycles. The average molecular weight is 723 g/mol. The highest BCUT2D eigenvalue weighted by Crippen LogP contribution is 2.43. The van der Waals surface area contributed by atoms with E-state index >= 15 is 0 Å². The molecule has 11 nitrogen and oxygen atoms in total. The lowest BCUT2D eigenvalue weighted by Crippen LogP contribution is -2.44. The second-order valence-electron chi connectivity index (χ2n) is 13.5. The van der Waals surface area contributed by atoms with Gasteiger partial charge in [0, 0.05) is 5.56 Å². The zero-order valence-corrected chi connectivity index (χ0v) is 29.6. The van der Waals surface area contributed by atoms with Crippen LogP contribution in [0.3, 0.4) is 0 Å². The monoisotopic (exact) mass is 722 g/mol. The molecule has 9 rings (SSSR count). The van der Waals surface area contributed by atoms with Crippen LogP contribution >= 0.6 is 0 Å². The second kappa shape index (κ2) is 14.0. The Labute approximate surface area is 316 Å². The molecule has 1 saturated heterocycles. The number of ether oxygens (including phenoxy) is 1. The van der Waals surface area contributed by atoms with E-state index in [1.165, 1.54) is 12.2 Å². The van der Waals surface area contributed by atoms with Gasteiger partial charge in [0.2, 0.25) is 0 Å². The van der Waals surface area contributed by atoms with E-state index in [1.807, 2.05) is 77.6 Å². The van der Waals surface area contributed by atoms with Crippen LogP contribution in [-0.2, 0) is 33.0 Å². The Morgan fingerprint density at radius 2 is 1.22 bits per heavy atom. The van der Waals surface area contributed by atoms with Crippen molar-refractivity contribution < 1.29 is 14.3 Å². The summed E-state index contributed by atoms with van der Waals surface area (Å²) in [6, 6.07) is 47.6. The van der Waals surface area contributed by atoms with E-state index in [2.05, 4.69) is 88.3 Å². The van der Waals surface area contributed by atoms with E-state index in [4.69, 9.17) is 15.0 Å². The Morgan fingerprint density at radius 1 is 0.636 bits per heavy atom. The molecule has 1 aliphatic heterocycles. The van der Waals surface area contributed by atoms with Crippen molar-refractivity contribution in [2.24, 2.45) is 0 Å². The normalized spacial score (nSPS) is 14.9. The quantitative estimate of drug-likeness (QED) is 0.152. The lowest BCUT2D eigenvalue weighted by atomic mass is 9.77. The van der Waals surface area contributed by atoms with E-state index in [0.717, 1.165) is 38.9 Å². The Kier molecular flexibility index (Phi) is 8.60. The van der Waals surface area contributed by atoms with Gasteiger partial charge in [0.25, 0.3) is 5.91 Å². The number of benzene rings is 5. The van der Waals surface area contributed by atoms with Crippen LogP contribution in [0.25, 0.3) is 22.5 Å². The van der Waals surface area contributed by atoms with Crippen LogP contribution in [0.15, 0.2) is 170 Å². The molecule has 2 aromatic heterocycles. The summed E-state index contributed by atoms with van der Waals surface area (Å²) < 4.78 is 9.47. The van der Waals surface area contributed by atoms with Gasteiger partial charge in [-0.1, -0.05) is 145 Å². The summed E-state index contributed by atoms with van der Waals surface area (Å²) in [5, 5.41) is 22.4. The maximum atomic E-state index is 12.7. The van der Waals surface area contributed by atoms with Crippen molar-refractivity contribution in [1.29, 1.82) is 0 Å². The smallest absolute Gasteiger partial charge is 0.251 e. The molecule has 0 radical (unpaired) electrons. The second-order valence-corrected chi connectivity index (χ2v) is 13.5. The Bertz CT molecular complexity index is 2430. The van der Waals surface area contributed by atoms with Crippen LogP contribution in [0.4, 0.5) is 0 Å². The van der Waals surface area contributed by atoms with Crippen molar-refractivity contribution in [2.75, 3.05) is 6.61 Å². The molecule has 5 aromatic carbocycles. The third-order valence-electron chi connectivity index (χ3n) is 10.2. The fraction of sp³-hybridized carbons (Fsp3) is 0.114. The van der Waals surface area contributed by atoms with Crippen molar-refractivity contribution in [2.45, 2.75) is 24.4 Å². The van der Waals surface area contributed by atoms with Gasteiger partial charge in [0.1, 0.15) is 17.8 Å². The van der Waals surface area contributed by atoms with Gasteiger partial charge in [-0.15, -0.1) is 10.2 Å². The molecule has 7 aromatic rings. The SMILES string of the molecule is O=C1C=CC2(C=C1)OCC(=O)N2Cc1cn(Cc2ccc(-c3ccccc3-c3nnnn3C(c3ccccc3)(c3ccccc3)c3ccccc3)cc2)nn1. The molecule has 0 N–H and O–H groups in total. The molecule has 11 heteroatoms. The standard InChI is InChI=1S/C44H34N8O3/c53-38-24-26-43(27-25-38)51(41(54)31-55-43)30-37-29-50(48-45-37)28-32-20-22-33(23-21-32)39-18-10-11-19-40(39)42-46-47-49-52(42)44(34-12-4-1-5-13-34,35-14-6-2-7-15-35)36-16-8-3-9-17-36/h1-27,29H,28,30-31H2. The lowest BCUT2D eigenvalue weighted by molar-refractivity contribution is -0.129. The Hall–Kier alpha value is -7.11. The number of aromatic nitrogens is 7. The summed E-state index contributed by atoms with van der Waals surface area (Å²) in [6.07, 6.45) is 7.87. The van der Waals surface area contributed by atoms with Gasteiger partial charge in [0.05, 0.1) is 19.3 Å². The topological polar surface area (TPSA) is 121 Å². The molecular weight excluding hydrogens is 689 g/mol. The van der Waals surface area contributed by atoms with Crippen LogP contribution in [0.1, 0.15) is 27.9 Å². The predicted molar refractivity (Wildman–Crippen MR) is 205 cm³/mol. The summed E-state index contributed by atoms with van der Waals surface area (Å²) in [5.41, 5.74) is 5.61. The van der Waals surface area contributed by atoms with E-state index in [0.29, 0.717) is 18.1 Å². The molecule has 1 amide bonds. The van der Waals surface area contributed by atoms with Gasteiger partial charge in [-0.3, -0.25) is 14.5 Å². The highest BCUT2D eigenvalue weighted by atomic mass is 16.5. The fourth-order valence-electron chi connectivity index (χ4n) is 7.57. The van der Waals surface area contributed by atoms with Crippen LogP contribution in [0.2, 0.25) is 0 Å². The fourth-order valence-corrected chi connectivity index (χ4v) is 7.57. The summed E-state index contributed by atoms with van der Waals surface area (Å²) in [7, 11) is 0. The van der Waals surface area contributed by atoms with Crippen LogP contribution in [0, 0.1) is 0 Å². The van der Waals surface area contributed by atoms with Gasteiger partial charge in [0.15, 0.2) is 17.3 Å². The summed E-state index contributed by atoms with van der Waals surface area (Å²) in [6.45, 7) is 0.594. The number of nitrogens with zero attached hydrogens (tertiary/aromatic N) is 8. The highest BCUT2D eigenvalue weighted by molar-refractivity contribution is 6.01. The minimum Gasteiger partial charge on any atom is -0.338 e. The first-order valence-electron chi connectivity index (χ1n) is 17.9. The van der Waals surface area contributed by atoms with E-state index < -0.39 is 11.3 Å². The van der Waals surface area contributed by atoms with Crippen molar-refractivity contribution in [3.05, 3.63) is 198 Å². The van der Waals surface area contributed by atoms with Crippen molar-refractivity contribution in [1.82, 2.24) is 40.1 Å². The first kappa shape index (κ1) is 33.7. The van der Waals surface area contributed by atoms with E-state index in [-0.39, 0.29) is 24.8 Å². The largest absolute Gasteiger partial charge is 0.338 e. The molecule has 55 heavy (non-hydrogen) atoms. The molecule has 3 heterocycles. The number of tetrazole rings is 1. The molecule has 1 fully saturated rings. The Balaban J connectivity index is 1.03. The van der Waals surface area contributed by atoms with E-state index in [1.54, 1.807) is 21.7 Å². The molecule has 1 spiro atoms. The third kappa shape index (κ3) is 6.06.